The van der Waals surface area contributed by atoms with Gasteiger partial charge in [0.1, 0.15) is 0 Å². The van der Waals surface area contributed by atoms with Gasteiger partial charge in [0.15, 0.2) is 0 Å². The molecule has 3 rings (SSSR count). The van der Waals surface area contributed by atoms with Crippen LogP contribution in [-0.2, 0) is 9.59 Å². The van der Waals surface area contributed by atoms with Gasteiger partial charge in [0, 0.05) is 56.0 Å². The molecule has 6 nitrogen and oxygen atoms in total. The van der Waals surface area contributed by atoms with Crippen LogP contribution in [0.3, 0.4) is 0 Å². The molecule has 0 aromatic heterocycles. The van der Waals surface area contributed by atoms with E-state index in [0.717, 1.165) is 57.9 Å². The summed E-state index contributed by atoms with van der Waals surface area (Å²) in [6.07, 6.45) is 1.01. The fourth-order valence-corrected chi connectivity index (χ4v) is 5.11. The number of thioether (sulfide) groups is 1. The fraction of sp³-hybridized carbons (Fsp3) is 0.636. The Hall–Kier alpha value is -1.57. The number of fused-ring (bicyclic) bond motifs is 1. The van der Waals surface area contributed by atoms with Crippen LogP contribution in [0.5, 0.6) is 0 Å². The van der Waals surface area contributed by atoms with Gasteiger partial charge in [-0.15, -0.1) is 11.8 Å². The summed E-state index contributed by atoms with van der Waals surface area (Å²) < 4.78 is 0. The van der Waals surface area contributed by atoms with Gasteiger partial charge in [-0.2, -0.15) is 0 Å². The average molecular weight is 419 g/mol. The Labute approximate surface area is 179 Å². The van der Waals surface area contributed by atoms with Gasteiger partial charge in [-0.3, -0.25) is 19.4 Å². The summed E-state index contributed by atoms with van der Waals surface area (Å²) >= 11 is 1.86. The molecule has 0 saturated carbocycles. The lowest BCUT2D eigenvalue weighted by atomic mass is 10.2. The predicted molar refractivity (Wildman–Crippen MR) is 120 cm³/mol. The Morgan fingerprint density at radius 3 is 2.28 bits per heavy atom. The smallest absolute Gasteiger partial charge is 0.241 e. The second-order valence-corrected chi connectivity index (χ2v) is 9.33. The number of hydrogen-bond donors (Lipinski definition) is 0. The molecule has 160 valence electrons. The number of amides is 2. The van der Waals surface area contributed by atoms with Crippen molar-refractivity contribution in [3.05, 3.63) is 24.3 Å². The van der Waals surface area contributed by atoms with E-state index >= 15 is 0 Å². The highest BCUT2D eigenvalue weighted by molar-refractivity contribution is 8.00. The zero-order chi connectivity index (χ0) is 20.8. The van der Waals surface area contributed by atoms with Crippen molar-refractivity contribution in [1.82, 2.24) is 14.7 Å². The molecular formula is C22H34N4O2S. The summed E-state index contributed by atoms with van der Waals surface area (Å²) in [7, 11) is 0. The van der Waals surface area contributed by atoms with Crippen molar-refractivity contribution in [2.45, 2.75) is 37.3 Å². The SMILES string of the molecule is CCN(CC)C(=O)CN1CCN(CC(=O)N2CCC(C)Sc3ccccc32)CC1. The number of carbonyl (C=O) groups excluding carboxylic acids is 2. The summed E-state index contributed by atoms with van der Waals surface area (Å²) in [5.74, 6) is 0.382. The Morgan fingerprint density at radius 1 is 1.00 bits per heavy atom. The first kappa shape index (κ1) is 22.1. The van der Waals surface area contributed by atoms with Crippen molar-refractivity contribution in [2.75, 3.05) is 63.8 Å². The van der Waals surface area contributed by atoms with Crippen LogP contribution in [0.4, 0.5) is 5.69 Å². The summed E-state index contributed by atoms with van der Waals surface area (Å²) in [6, 6.07) is 8.25. The largest absolute Gasteiger partial charge is 0.342 e. The van der Waals surface area contributed by atoms with Crippen molar-refractivity contribution in [1.29, 1.82) is 0 Å². The van der Waals surface area contributed by atoms with Gasteiger partial charge in [0.05, 0.1) is 18.8 Å². The fourth-order valence-electron chi connectivity index (χ4n) is 4.00. The second kappa shape index (κ2) is 10.5. The molecule has 2 heterocycles. The predicted octanol–water partition coefficient (Wildman–Crippen LogP) is 2.39. The highest BCUT2D eigenvalue weighted by atomic mass is 32.2. The van der Waals surface area contributed by atoms with Crippen LogP contribution in [0.15, 0.2) is 29.2 Å². The maximum absolute atomic E-state index is 13.1. The van der Waals surface area contributed by atoms with E-state index in [1.54, 1.807) is 0 Å². The van der Waals surface area contributed by atoms with Crippen molar-refractivity contribution >= 4 is 29.3 Å². The van der Waals surface area contributed by atoms with E-state index in [1.807, 2.05) is 47.5 Å². The molecule has 2 aliphatic rings. The Bertz CT molecular complexity index is 702. The van der Waals surface area contributed by atoms with E-state index in [-0.39, 0.29) is 11.8 Å². The summed E-state index contributed by atoms with van der Waals surface area (Å²) in [4.78, 5) is 34.9. The molecule has 1 aromatic carbocycles. The molecule has 1 unspecified atom stereocenters. The molecule has 7 heteroatoms. The summed E-state index contributed by atoms with van der Waals surface area (Å²) in [5, 5.41) is 0.515. The lowest BCUT2D eigenvalue weighted by Crippen LogP contribution is -2.52. The minimum Gasteiger partial charge on any atom is -0.342 e. The zero-order valence-corrected chi connectivity index (χ0v) is 18.8. The van der Waals surface area contributed by atoms with Gasteiger partial charge in [0.2, 0.25) is 11.8 Å². The number of carbonyl (C=O) groups is 2. The molecule has 0 bridgehead atoms. The molecule has 0 N–H and O–H groups in total. The molecule has 29 heavy (non-hydrogen) atoms. The van der Waals surface area contributed by atoms with Crippen LogP contribution in [-0.4, -0.2) is 90.7 Å². The first-order valence-electron chi connectivity index (χ1n) is 10.8. The van der Waals surface area contributed by atoms with Crippen LogP contribution >= 0.6 is 11.8 Å². The number of rotatable bonds is 6. The molecule has 1 fully saturated rings. The normalized spacial score (nSPS) is 20.8. The van der Waals surface area contributed by atoms with Crippen molar-refractivity contribution in [3.8, 4) is 0 Å². The third-order valence-corrected chi connectivity index (χ3v) is 7.08. The molecule has 1 saturated heterocycles. The summed E-state index contributed by atoms with van der Waals surface area (Å²) in [6.45, 7) is 12.8. The number of nitrogens with zero attached hydrogens (tertiary/aromatic N) is 4. The molecule has 1 atom stereocenters. The number of para-hydroxylation sites is 1. The number of benzene rings is 1. The number of anilines is 1. The molecule has 1 aromatic rings. The quantitative estimate of drug-likeness (QED) is 0.710. The number of piperazine rings is 1. The highest BCUT2D eigenvalue weighted by Crippen LogP contribution is 2.37. The van der Waals surface area contributed by atoms with Gasteiger partial charge in [-0.25, -0.2) is 0 Å². The third-order valence-electron chi connectivity index (χ3n) is 5.84. The van der Waals surface area contributed by atoms with E-state index in [4.69, 9.17) is 0 Å². The van der Waals surface area contributed by atoms with Gasteiger partial charge in [-0.1, -0.05) is 19.1 Å². The van der Waals surface area contributed by atoms with Crippen LogP contribution in [0.25, 0.3) is 0 Å². The number of hydrogen-bond acceptors (Lipinski definition) is 5. The molecule has 2 amide bonds. The van der Waals surface area contributed by atoms with E-state index < -0.39 is 0 Å². The van der Waals surface area contributed by atoms with Gasteiger partial charge >= 0.3 is 0 Å². The van der Waals surface area contributed by atoms with Crippen LogP contribution in [0.2, 0.25) is 0 Å². The lowest BCUT2D eigenvalue weighted by Gasteiger charge is -2.35. The van der Waals surface area contributed by atoms with Crippen LogP contribution in [0, 0.1) is 0 Å². The minimum absolute atomic E-state index is 0.180. The maximum Gasteiger partial charge on any atom is 0.241 e. The first-order chi connectivity index (χ1) is 14.0. The van der Waals surface area contributed by atoms with Gasteiger partial charge < -0.3 is 9.80 Å². The van der Waals surface area contributed by atoms with E-state index in [0.29, 0.717) is 18.3 Å². The van der Waals surface area contributed by atoms with E-state index in [2.05, 4.69) is 28.9 Å². The van der Waals surface area contributed by atoms with E-state index in [9.17, 15) is 9.59 Å². The molecule has 2 aliphatic heterocycles. The second-order valence-electron chi connectivity index (χ2n) is 7.85. The van der Waals surface area contributed by atoms with E-state index in [1.165, 1.54) is 4.90 Å². The maximum atomic E-state index is 13.1. The molecule has 0 spiro atoms. The number of likely N-dealkylation sites (N-methyl/N-ethyl adjacent to an activating group) is 1. The highest BCUT2D eigenvalue weighted by Gasteiger charge is 2.27. The Morgan fingerprint density at radius 2 is 1.62 bits per heavy atom. The standard InChI is InChI=1S/C22H34N4O2S/c1-4-25(5-2)21(27)16-23-12-14-24(15-13-23)17-22(28)26-11-10-18(3)29-20-9-7-6-8-19(20)26/h6-9,18H,4-5,10-17H2,1-3H3. The van der Waals surface area contributed by atoms with Crippen LogP contribution in [0.1, 0.15) is 27.2 Å². The topological polar surface area (TPSA) is 47.1 Å². The average Bonchev–Trinajstić information content (AvgIpc) is 2.88. The zero-order valence-electron chi connectivity index (χ0n) is 18.0. The van der Waals surface area contributed by atoms with Crippen molar-refractivity contribution in [2.24, 2.45) is 0 Å². The Kier molecular flexibility index (Phi) is 7.98. The molecular weight excluding hydrogens is 384 g/mol. The van der Waals surface area contributed by atoms with Gasteiger partial charge in [-0.05, 0) is 32.4 Å². The minimum atomic E-state index is 0.180. The van der Waals surface area contributed by atoms with Crippen molar-refractivity contribution in [3.63, 3.8) is 0 Å². The Balaban J connectivity index is 1.53. The van der Waals surface area contributed by atoms with Gasteiger partial charge in [0.25, 0.3) is 0 Å². The van der Waals surface area contributed by atoms with Crippen LogP contribution < -0.4 is 4.90 Å². The van der Waals surface area contributed by atoms with Crippen molar-refractivity contribution < 1.29 is 9.59 Å². The lowest BCUT2D eigenvalue weighted by molar-refractivity contribution is -0.132. The third kappa shape index (κ3) is 5.74. The monoisotopic (exact) mass is 418 g/mol. The summed E-state index contributed by atoms with van der Waals surface area (Å²) in [5.41, 5.74) is 1.05. The molecule has 0 radical (unpaired) electrons. The first-order valence-corrected chi connectivity index (χ1v) is 11.7. The molecule has 0 aliphatic carbocycles.